The summed E-state index contributed by atoms with van der Waals surface area (Å²) < 4.78 is 33.5. The second-order valence-electron chi connectivity index (χ2n) is 8.80. The second-order valence-corrected chi connectivity index (χ2v) is 8.80. The molecule has 0 radical (unpaired) electrons. The van der Waals surface area contributed by atoms with Crippen molar-refractivity contribution in [3.05, 3.63) is 106 Å². The molecule has 5 aromatic rings. The van der Waals surface area contributed by atoms with E-state index in [1.165, 1.54) is 23.8 Å². The first-order chi connectivity index (χ1) is 18.4. The Labute approximate surface area is 219 Å². The number of nitrogens with zero attached hydrogens (tertiary/aromatic N) is 3. The second kappa shape index (κ2) is 10.3. The van der Waals surface area contributed by atoms with Gasteiger partial charge in [0, 0.05) is 31.1 Å². The number of hydrogen-bond acceptors (Lipinski definition) is 6. The quantitative estimate of drug-likeness (QED) is 0.273. The molecule has 0 N–H and O–H groups in total. The van der Waals surface area contributed by atoms with Crippen molar-refractivity contribution in [1.29, 1.82) is 0 Å². The van der Waals surface area contributed by atoms with Crippen molar-refractivity contribution < 1.29 is 18.6 Å². The van der Waals surface area contributed by atoms with Crippen molar-refractivity contribution in [3.8, 4) is 34.1 Å². The van der Waals surface area contributed by atoms with Gasteiger partial charge in [-0.3, -0.25) is 14.3 Å². The highest BCUT2D eigenvalue weighted by molar-refractivity contribution is 5.88. The summed E-state index contributed by atoms with van der Waals surface area (Å²) in [5, 5.41) is 0.636. The molecule has 0 spiro atoms. The van der Waals surface area contributed by atoms with Gasteiger partial charge in [0.25, 0.3) is 5.56 Å². The van der Waals surface area contributed by atoms with E-state index in [0.29, 0.717) is 57.2 Å². The number of fused-ring (bicyclic) bond motifs is 1. The number of rotatable bonds is 7. The van der Waals surface area contributed by atoms with E-state index in [4.69, 9.17) is 14.2 Å². The minimum atomic E-state index is -0.609. The Morgan fingerprint density at radius 2 is 1.63 bits per heavy atom. The van der Waals surface area contributed by atoms with Crippen LogP contribution < -0.4 is 19.8 Å². The molecule has 0 amide bonds. The molecule has 7 nitrogen and oxygen atoms in total. The van der Waals surface area contributed by atoms with E-state index in [1.54, 1.807) is 51.5 Å². The average molecular weight is 512 g/mol. The fourth-order valence-corrected chi connectivity index (χ4v) is 4.43. The number of aromatic nitrogens is 3. The predicted molar refractivity (Wildman–Crippen MR) is 144 cm³/mol. The van der Waals surface area contributed by atoms with Crippen molar-refractivity contribution in [2.75, 3.05) is 14.2 Å². The summed E-state index contributed by atoms with van der Waals surface area (Å²) in [4.78, 5) is 22.3. The van der Waals surface area contributed by atoms with Crippen LogP contribution in [-0.4, -0.2) is 28.8 Å². The van der Waals surface area contributed by atoms with Gasteiger partial charge in [-0.1, -0.05) is 36.4 Å². The average Bonchev–Trinajstić information content (AvgIpc) is 2.93. The summed E-state index contributed by atoms with van der Waals surface area (Å²) in [5.41, 5.74) is 2.73. The molecule has 0 aliphatic rings. The van der Waals surface area contributed by atoms with Crippen LogP contribution in [0.15, 0.2) is 77.7 Å². The SMILES string of the molecule is COc1cc2nccc(Oc3ccc(-c4c(C)nc(Cc5ccccc5)n(C)c4=O)cc3F)c2cc1OC. The highest BCUT2D eigenvalue weighted by Gasteiger charge is 2.18. The van der Waals surface area contributed by atoms with E-state index < -0.39 is 5.82 Å². The lowest BCUT2D eigenvalue weighted by molar-refractivity contribution is 0.355. The maximum Gasteiger partial charge on any atom is 0.261 e. The van der Waals surface area contributed by atoms with Gasteiger partial charge in [0.05, 0.1) is 31.0 Å². The number of hydrogen-bond donors (Lipinski definition) is 0. The minimum Gasteiger partial charge on any atom is -0.493 e. The maximum absolute atomic E-state index is 15.3. The maximum atomic E-state index is 15.3. The third-order valence-corrected chi connectivity index (χ3v) is 6.42. The molecular formula is C30H26FN3O4. The van der Waals surface area contributed by atoms with Gasteiger partial charge in [-0.05, 0) is 42.3 Å². The molecule has 3 aromatic carbocycles. The van der Waals surface area contributed by atoms with Gasteiger partial charge in [0.2, 0.25) is 0 Å². The van der Waals surface area contributed by atoms with E-state index in [2.05, 4.69) is 9.97 Å². The summed E-state index contributed by atoms with van der Waals surface area (Å²) in [6.45, 7) is 1.76. The topological polar surface area (TPSA) is 75.5 Å². The Morgan fingerprint density at radius 3 is 2.34 bits per heavy atom. The smallest absolute Gasteiger partial charge is 0.261 e. The van der Waals surface area contributed by atoms with Crippen LogP contribution in [0.3, 0.4) is 0 Å². The summed E-state index contributed by atoms with van der Waals surface area (Å²) in [6, 6.07) is 19.4. The van der Waals surface area contributed by atoms with E-state index in [0.717, 1.165) is 5.56 Å². The zero-order valence-electron chi connectivity index (χ0n) is 21.5. The molecule has 2 aromatic heterocycles. The Hall–Kier alpha value is -4.72. The first kappa shape index (κ1) is 25.0. The zero-order chi connectivity index (χ0) is 26.8. The molecule has 38 heavy (non-hydrogen) atoms. The molecule has 0 saturated carbocycles. The first-order valence-corrected chi connectivity index (χ1v) is 12.0. The molecule has 0 atom stereocenters. The molecular weight excluding hydrogens is 485 g/mol. The van der Waals surface area contributed by atoms with Crippen LogP contribution in [0, 0.1) is 12.7 Å². The fraction of sp³-hybridized carbons (Fsp3) is 0.167. The van der Waals surface area contributed by atoms with Crippen molar-refractivity contribution in [3.63, 3.8) is 0 Å². The fourth-order valence-electron chi connectivity index (χ4n) is 4.43. The van der Waals surface area contributed by atoms with Gasteiger partial charge < -0.3 is 14.2 Å². The van der Waals surface area contributed by atoms with E-state index in [1.807, 2.05) is 30.3 Å². The van der Waals surface area contributed by atoms with Crippen molar-refractivity contribution in [2.45, 2.75) is 13.3 Å². The molecule has 0 unspecified atom stereocenters. The minimum absolute atomic E-state index is 0.0131. The number of pyridine rings is 1. The van der Waals surface area contributed by atoms with Gasteiger partial charge in [0.1, 0.15) is 11.6 Å². The van der Waals surface area contributed by atoms with E-state index >= 15 is 4.39 Å². The van der Waals surface area contributed by atoms with Crippen LogP contribution in [0.25, 0.3) is 22.0 Å². The Morgan fingerprint density at radius 1 is 0.895 bits per heavy atom. The molecule has 2 heterocycles. The van der Waals surface area contributed by atoms with Crippen LogP contribution >= 0.6 is 0 Å². The molecule has 0 saturated heterocycles. The zero-order valence-corrected chi connectivity index (χ0v) is 21.5. The first-order valence-electron chi connectivity index (χ1n) is 12.0. The van der Waals surface area contributed by atoms with Gasteiger partial charge >= 0.3 is 0 Å². The molecule has 192 valence electrons. The Kier molecular flexibility index (Phi) is 6.79. The summed E-state index contributed by atoms with van der Waals surface area (Å²) >= 11 is 0. The Balaban J connectivity index is 1.48. The Bertz CT molecular complexity index is 1700. The summed E-state index contributed by atoms with van der Waals surface area (Å²) in [6.07, 6.45) is 2.09. The third kappa shape index (κ3) is 4.68. The molecule has 0 aliphatic heterocycles. The molecule has 8 heteroatoms. The van der Waals surface area contributed by atoms with Crippen LogP contribution in [0.4, 0.5) is 4.39 Å². The van der Waals surface area contributed by atoms with E-state index in [-0.39, 0.29) is 11.3 Å². The summed E-state index contributed by atoms with van der Waals surface area (Å²) in [5.74, 6) is 1.48. The van der Waals surface area contributed by atoms with Crippen LogP contribution in [0.5, 0.6) is 23.0 Å². The van der Waals surface area contributed by atoms with Gasteiger partial charge in [0.15, 0.2) is 23.1 Å². The number of halogens is 1. The standard InChI is InChI=1S/C30H26FN3O4/c1-18-29(30(35)34(2)28(33-18)14-19-8-6-5-7-9-19)20-10-11-25(22(31)15-20)38-24-12-13-32-23-17-27(37-4)26(36-3)16-21(23)24/h5-13,15-17H,14H2,1-4H3. The van der Waals surface area contributed by atoms with Gasteiger partial charge in [-0.25, -0.2) is 9.37 Å². The largest absolute Gasteiger partial charge is 0.493 e. The molecule has 5 rings (SSSR count). The lowest BCUT2D eigenvalue weighted by Gasteiger charge is -2.14. The van der Waals surface area contributed by atoms with Crippen LogP contribution in [-0.2, 0) is 13.5 Å². The van der Waals surface area contributed by atoms with Crippen LogP contribution in [0.2, 0.25) is 0 Å². The normalized spacial score (nSPS) is 11.0. The number of benzene rings is 3. The van der Waals surface area contributed by atoms with Crippen LogP contribution in [0.1, 0.15) is 17.1 Å². The monoisotopic (exact) mass is 511 g/mol. The lowest BCUT2D eigenvalue weighted by atomic mass is 10.0. The van der Waals surface area contributed by atoms with Gasteiger partial charge in [-0.2, -0.15) is 0 Å². The van der Waals surface area contributed by atoms with Crippen molar-refractivity contribution in [1.82, 2.24) is 14.5 Å². The van der Waals surface area contributed by atoms with E-state index in [9.17, 15) is 4.79 Å². The highest BCUT2D eigenvalue weighted by Crippen LogP contribution is 2.37. The predicted octanol–water partition coefficient (Wildman–Crippen LogP) is 5.84. The number of aryl methyl sites for hydroxylation is 1. The van der Waals surface area contributed by atoms with Crippen molar-refractivity contribution in [2.24, 2.45) is 7.05 Å². The molecule has 0 aliphatic carbocycles. The van der Waals surface area contributed by atoms with Gasteiger partial charge in [-0.15, -0.1) is 0 Å². The molecule has 0 bridgehead atoms. The molecule has 0 fully saturated rings. The third-order valence-electron chi connectivity index (χ3n) is 6.42. The highest BCUT2D eigenvalue weighted by atomic mass is 19.1. The number of ether oxygens (including phenoxy) is 3. The summed E-state index contributed by atoms with van der Waals surface area (Å²) in [7, 11) is 4.76. The lowest BCUT2D eigenvalue weighted by Crippen LogP contribution is -2.25. The van der Waals surface area contributed by atoms with Crippen molar-refractivity contribution >= 4 is 10.9 Å². The number of methoxy groups -OCH3 is 2.